The van der Waals surface area contributed by atoms with E-state index in [0.717, 1.165) is 60.1 Å². The van der Waals surface area contributed by atoms with E-state index in [1.165, 1.54) is 0 Å². The summed E-state index contributed by atoms with van der Waals surface area (Å²) in [4.78, 5) is 32.5. The van der Waals surface area contributed by atoms with Crippen molar-refractivity contribution in [3.8, 4) is 11.3 Å². The number of H-pyrrole nitrogens is 1. The van der Waals surface area contributed by atoms with Gasteiger partial charge in [-0.3, -0.25) is 9.78 Å². The monoisotopic (exact) mass is 417 g/mol. The van der Waals surface area contributed by atoms with Gasteiger partial charge in [-0.2, -0.15) is 0 Å². The average Bonchev–Trinajstić information content (AvgIpc) is 3.17. The lowest BCUT2D eigenvalue weighted by Gasteiger charge is -2.28. The number of rotatable bonds is 7. The summed E-state index contributed by atoms with van der Waals surface area (Å²) in [6.45, 7) is 9.76. The Morgan fingerprint density at radius 1 is 1.29 bits per heavy atom. The number of aromatic amines is 1. The number of ether oxygens (including phenoxy) is 1. The minimum absolute atomic E-state index is 0.177. The summed E-state index contributed by atoms with van der Waals surface area (Å²) in [6, 6.07) is 2.06. The first kappa shape index (κ1) is 21.1. The van der Waals surface area contributed by atoms with Crippen LogP contribution < -0.4 is 0 Å². The van der Waals surface area contributed by atoms with Crippen LogP contribution in [-0.4, -0.2) is 39.4 Å². The van der Waals surface area contributed by atoms with Crippen molar-refractivity contribution in [3.63, 3.8) is 0 Å². The fraction of sp³-hybridized carbons (Fsp3) is 0.458. The molecule has 0 amide bonds. The van der Waals surface area contributed by atoms with Crippen LogP contribution in [0.3, 0.4) is 0 Å². The highest BCUT2D eigenvalue weighted by atomic mass is 16.5. The second-order valence-corrected chi connectivity index (χ2v) is 8.52. The number of Topliss-reactive ketones (excluding diaryl/α,β-unsaturated/α-hetero) is 1. The number of fused-ring (bicyclic) bond motifs is 1. The molecule has 1 saturated carbocycles. The van der Waals surface area contributed by atoms with Crippen LogP contribution in [0.5, 0.6) is 0 Å². The molecule has 0 bridgehead atoms. The second-order valence-electron chi connectivity index (χ2n) is 8.52. The zero-order valence-electron chi connectivity index (χ0n) is 18.0. The number of hydrogen-bond acceptors (Lipinski definition) is 5. The molecule has 1 aliphatic carbocycles. The van der Waals surface area contributed by atoms with Gasteiger partial charge in [-0.05, 0) is 43.2 Å². The zero-order valence-corrected chi connectivity index (χ0v) is 18.0. The van der Waals surface area contributed by atoms with Gasteiger partial charge in [0.05, 0.1) is 12.3 Å². The maximum absolute atomic E-state index is 12.0. The van der Waals surface area contributed by atoms with Crippen LogP contribution in [0.2, 0.25) is 0 Å². The third-order valence-electron chi connectivity index (χ3n) is 6.05. The minimum atomic E-state index is 0.177. The number of carbonyl (C=O) groups excluding carboxylic acids is 1. The van der Waals surface area contributed by atoms with Gasteiger partial charge < -0.3 is 9.72 Å². The Morgan fingerprint density at radius 3 is 2.94 bits per heavy atom. The largest absolute Gasteiger partial charge is 0.377 e. The molecule has 1 unspecified atom stereocenters. The number of aromatic nitrogens is 4. The van der Waals surface area contributed by atoms with Crippen molar-refractivity contribution in [2.24, 2.45) is 11.8 Å². The van der Waals surface area contributed by atoms with Gasteiger partial charge in [0.15, 0.2) is 5.78 Å². The molecule has 0 saturated heterocycles. The van der Waals surface area contributed by atoms with Gasteiger partial charge >= 0.3 is 0 Å². The van der Waals surface area contributed by atoms with E-state index >= 15 is 0 Å². The predicted molar refractivity (Wildman–Crippen MR) is 119 cm³/mol. The number of ketones is 1. The standard InChI is InChI=1S/C24H27N5O2/c1-15-7-19-20(12-28-24(19)27-11-15)23-21(25-2)13-26-22(29-23)10-17-6-4-5-16(8-17)9-18(30)14-31-3/h7,11-13,16-17H,4-6,8-10,14H2,1,3H3,(H,27,28)/t16-,17?/m1/s1. The molecule has 0 aromatic carbocycles. The van der Waals surface area contributed by atoms with Gasteiger partial charge in [0.25, 0.3) is 0 Å². The number of pyridine rings is 1. The van der Waals surface area contributed by atoms with Crippen molar-refractivity contribution >= 4 is 22.5 Å². The van der Waals surface area contributed by atoms with Gasteiger partial charge in [0, 0.05) is 49.5 Å². The molecule has 1 N–H and O–H groups in total. The van der Waals surface area contributed by atoms with Crippen molar-refractivity contribution in [1.29, 1.82) is 0 Å². The van der Waals surface area contributed by atoms with E-state index in [-0.39, 0.29) is 12.4 Å². The van der Waals surface area contributed by atoms with Crippen LogP contribution in [-0.2, 0) is 16.0 Å². The molecule has 1 aliphatic rings. The first-order valence-corrected chi connectivity index (χ1v) is 10.8. The summed E-state index contributed by atoms with van der Waals surface area (Å²) in [5.74, 6) is 1.79. The molecule has 4 rings (SSSR count). The number of hydrogen-bond donors (Lipinski definition) is 1. The van der Waals surface area contributed by atoms with E-state index in [0.29, 0.717) is 29.6 Å². The SMILES string of the molecule is [C-]#[N+]c1cnc(CC2CCC[C@@H](CC(=O)COC)C2)nc1-c1c[nH]c2ncc(C)cc12. The highest BCUT2D eigenvalue weighted by Crippen LogP contribution is 2.36. The van der Waals surface area contributed by atoms with Crippen molar-refractivity contribution in [3.05, 3.63) is 47.5 Å². The lowest BCUT2D eigenvalue weighted by atomic mass is 9.78. The highest BCUT2D eigenvalue weighted by Gasteiger charge is 2.25. The molecule has 0 spiro atoms. The molecular formula is C24H27N5O2. The van der Waals surface area contributed by atoms with E-state index in [4.69, 9.17) is 16.3 Å². The third kappa shape index (κ3) is 4.80. The maximum atomic E-state index is 12.0. The summed E-state index contributed by atoms with van der Waals surface area (Å²) in [6.07, 6.45) is 11.0. The number of nitrogens with zero attached hydrogens (tertiary/aromatic N) is 4. The summed E-state index contributed by atoms with van der Waals surface area (Å²) >= 11 is 0. The number of aryl methyl sites for hydroxylation is 1. The Hall–Kier alpha value is -3.11. The second kappa shape index (κ2) is 9.36. The molecule has 1 fully saturated rings. The van der Waals surface area contributed by atoms with Gasteiger partial charge in [-0.1, -0.05) is 12.8 Å². The number of carbonyl (C=O) groups is 1. The average molecular weight is 418 g/mol. The first-order chi connectivity index (χ1) is 15.1. The van der Waals surface area contributed by atoms with Gasteiger partial charge in [0.2, 0.25) is 5.69 Å². The van der Waals surface area contributed by atoms with Crippen molar-refractivity contribution < 1.29 is 9.53 Å². The first-order valence-electron chi connectivity index (χ1n) is 10.8. The van der Waals surface area contributed by atoms with Crippen LogP contribution in [0.15, 0.2) is 24.7 Å². The molecular weight excluding hydrogens is 390 g/mol. The normalized spacial score (nSPS) is 18.7. The molecule has 31 heavy (non-hydrogen) atoms. The zero-order chi connectivity index (χ0) is 21.8. The summed E-state index contributed by atoms with van der Waals surface area (Å²) < 4.78 is 4.98. The number of methoxy groups -OCH3 is 1. The van der Waals surface area contributed by atoms with Gasteiger partial charge in [-0.25, -0.2) is 14.8 Å². The fourth-order valence-corrected chi connectivity index (χ4v) is 4.67. The highest BCUT2D eigenvalue weighted by molar-refractivity contribution is 5.96. The Morgan fingerprint density at radius 2 is 2.13 bits per heavy atom. The molecule has 0 radical (unpaired) electrons. The fourth-order valence-electron chi connectivity index (χ4n) is 4.67. The Bertz CT molecular complexity index is 1130. The molecule has 160 valence electrons. The quantitative estimate of drug-likeness (QED) is 0.556. The molecule has 3 heterocycles. The topological polar surface area (TPSA) is 85.1 Å². The van der Waals surface area contributed by atoms with Gasteiger partial charge in [-0.15, -0.1) is 0 Å². The Labute approximate surface area is 182 Å². The van der Waals surface area contributed by atoms with Gasteiger partial charge in [0.1, 0.15) is 18.1 Å². The smallest absolute Gasteiger partial charge is 0.230 e. The van der Waals surface area contributed by atoms with Crippen LogP contribution >= 0.6 is 0 Å². The minimum Gasteiger partial charge on any atom is -0.377 e. The lowest BCUT2D eigenvalue weighted by Crippen LogP contribution is -2.22. The molecule has 3 aromatic rings. The third-order valence-corrected chi connectivity index (χ3v) is 6.05. The summed E-state index contributed by atoms with van der Waals surface area (Å²) in [7, 11) is 1.56. The van der Waals surface area contributed by atoms with Crippen molar-refractivity contribution in [1.82, 2.24) is 19.9 Å². The molecule has 3 aromatic heterocycles. The van der Waals surface area contributed by atoms with Crippen LogP contribution in [0.4, 0.5) is 5.69 Å². The summed E-state index contributed by atoms with van der Waals surface area (Å²) in [5, 5.41) is 0.962. The molecule has 2 atom stereocenters. The van der Waals surface area contributed by atoms with E-state index in [9.17, 15) is 4.79 Å². The Balaban J connectivity index is 1.56. The maximum Gasteiger partial charge on any atom is 0.230 e. The Kier molecular flexibility index (Phi) is 6.38. The molecule has 7 nitrogen and oxygen atoms in total. The van der Waals surface area contributed by atoms with E-state index in [2.05, 4.69) is 25.9 Å². The molecule has 0 aliphatic heterocycles. The molecule has 7 heteroatoms. The predicted octanol–water partition coefficient (Wildman–Crippen LogP) is 4.83. The lowest BCUT2D eigenvalue weighted by molar-refractivity contribution is -0.123. The van der Waals surface area contributed by atoms with E-state index < -0.39 is 0 Å². The van der Waals surface area contributed by atoms with Crippen molar-refractivity contribution in [2.45, 2.75) is 45.4 Å². The number of nitrogens with one attached hydrogen (secondary N) is 1. The summed E-state index contributed by atoms with van der Waals surface area (Å²) in [5.41, 5.74) is 3.82. The van der Waals surface area contributed by atoms with Crippen LogP contribution in [0.25, 0.3) is 27.1 Å². The van der Waals surface area contributed by atoms with E-state index in [1.807, 2.05) is 19.3 Å². The van der Waals surface area contributed by atoms with Crippen LogP contribution in [0, 0.1) is 25.3 Å². The van der Waals surface area contributed by atoms with Crippen molar-refractivity contribution in [2.75, 3.05) is 13.7 Å². The van der Waals surface area contributed by atoms with E-state index in [1.54, 1.807) is 13.3 Å². The van der Waals surface area contributed by atoms with Crippen LogP contribution in [0.1, 0.15) is 43.5 Å².